The quantitative estimate of drug-likeness (QED) is 0.889. The Balaban J connectivity index is 2.07. The van der Waals surface area contributed by atoms with Gasteiger partial charge in [0.25, 0.3) is 0 Å². The highest BCUT2D eigenvalue weighted by molar-refractivity contribution is 4.98. The fourth-order valence-electron chi connectivity index (χ4n) is 2.74. The monoisotopic (exact) mass is 267 g/mol. The molecule has 1 fully saturated rings. The lowest BCUT2D eigenvalue weighted by atomic mass is 9.90. The minimum Gasteiger partial charge on any atom is -0.373 e. The zero-order valence-corrected chi connectivity index (χ0v) is 12.3. The maximum absolute atomic E-state index is 5.44. The molecule has 1 aliphatic heterocycles. The summed E-state index contributed by atoms with van der Waals surface area (Å²) in [6.45, 7) is 7.46. The molecule has 2 rings (SSSR count). The SMILES string of the molecule is CCC1CCNC(c2nc(C(OC)C(C)C)no2)C1. The molecule has 0 amide bonds. The van der Waals surface area contributed by atoms with Crippen LogP contribution in [0.4, 0.5) is 0 Å². The molecule has 0 bridgehead atoms. The summed E-state index contributed by atoms with van der Waals surface area (Å²) in [4.78, 5) is 4.53. The first-order valence-electron chi connectivity index (χ1n) is 7.25. The Kier molecular flexibility index (Phi) is 4.93. The van der Waals surface area contributed by atoms with E-state index in [2.05, 4.69) is 36.2 Å². The summed E-state index contributed by atoms with van der Waals surface area (Å²) in [6, 6.07) is 0.199. The third kappa shape index (κ3) is 3.34. The first-order valence-corrected chi connectivity index (χ1v) is 7.25. The number of methoxy groups -OCH3 is 1. The van der Waals surface area contributed by atoms with Gasteiger partial charge in [-0.1, -0.05) is 32.3 Å². The first-order chi connectivity index (χ1) is 9.15. The molecule has 1 saturated heterocycles. The minimum atomic E-state index is -0.0944. The summed E-state index contributed by atoms with van der Waals surface area (Å²) in [5.74, 6) is 2.45. The van der Waals surface area contributed by atoms with Crippen molar-refractivity contribution in [1.29, 1.82) is 0 Å². The van der Waals surface area contributed by atoms with E-state index in [0.717, 1.165) is 18.9 Å². The summed E-state index contributed by atoms with van der Waals surface area (Å²) < 4.78 is 10.9. The molecule has 3 unspecified atom stereocenters. The van der Waals surface area contributed by atoms with Gasteiger partial charge in [0.2, 0.25) is 11.7 Å². The van der Waals surface area contributed by atoms with E-state index in [1.165, 1.54) is 12.8 Å². The highest BCUT2D eigenvalue weighted by Gasteiger charge is 2.28. The van der Waals surface area contributed by atoms with E-state index in [0.29, 0.717) is 17.6 Å². The molecule has 1 aromatic heterocycles. The van der Waals surface area contributed by atoms with Gasteiger partial charge in [0, 0.05) is 7.11 Å². The Morgan fingerprint density at radius 3 is 2.89 bits per heavy atom. The van der Waals surface area contributed by atoms with E-state index >= 15 is 0 Å². The van der Waals surface area contributed by atoms with Gasteiger partial charge in [-0.05, 0) is 31.2 Å². The Hall–Kier alpha value is -0.940. The average Bonchev–Trinajstić information content (AvgIpc) is 2.89. The van der Waals surface area contributed by atoms with Crippen LogP contribution in [0.2, 0.25) is 0 Å². The zero-order chi connectivity index (χ0) is 13.8. The molecule has 2 heterocycles. The van der Waals surface area contributed by atoms with Crippen LogP contribution in [0.1, 0.15) is 63.9 Å². The third-order valence-electron chi connectivity index (χ3n) is 3.96. The first kappa shape index (κ1) is 14.5. The molecule has 0 saturated carbocycles. The van der Waals surface area contributed by atoms with E-state index in [1.807, 2.05) is 0 Å². The topological polar surface area (TPSA) is 60.2 Å². The number of nitrogens with zero attached hydrogens (tertiary/aromatic N) is 2. The molecule has 1 N–H and O–H groups in total. The minimum absolute atomic E-state index is 0.0944. The van der Waals surface area contributed by atoms with Crippen LogP contribution < -0.4 is 5.32 Å². The predicted octanol–water partition coefficient (Wildman–Crippen LogP) is 2.86. The number of ether oxygens (including phenoxy) is 1. The maximum Gasteiger partial charge on any atom is 0.243 e. The number of nitrogens with one attached hydrogen (secondary N) is 1. The molecule has 5 heteroatoms. The Morgan fingerprint density at radius 1 is 1.47 bits per heavy atom. The second-order valence-corrected chi connectivity index (χ2v) is 5.70. The molecule has 3 atom stereocenters. The van der Waals surface area contributed by atoms with Gasteiger partial charge in [-0.15, -0.1) is 0 Å². The normalized spacial score (nSPS) is 25.7. The maximum atomic E-state index is 5.44. The molecule has 5 nitrogen and oxygen atoms in total. The molecule has 19 heavy (non-hydrogen) atoms. The van der Waals surface area contributed by atoms with Crippen LogP contribution in [0, 0.1) is 11.8 Å². The van der Waals surface area contributed by atoms with Crippen LogP contribution in [0.25, 0.3) is 0 Å². The highest BCUT2D eigenvalue weighted by Crippen LogP contribution is 2.30. The van der Waals surface area contributed by atoms with E-state index in [4.69, 9.17) is 9.26 Å². The van der Waals surface area contributed by atoms with Crippen LogP contribution in [0.15, 0.2) is 4.52 Å². The van der Waals surface area contributed by atoms with Crippen molar-refractivity contribution >= 4 is 0 Å². The smallest absolute Gasteiger partial charge is 0.243 e. The van der Waals surface area contributed by atoms with Crippen molar-refractivity contribution in [3.63, 3.8) is 0 Å². The number of aromatic nitrogens is 2. The van der Waals surface area contributed by atoms with Crippen molar-refractivity contribution in [2.75, 3.05) is 13.7 Å². The number of hydrogen-bond acceptors (Lipinski definition) is 5. The molecule has 108 valence electrons. The summed E-state index contributed by atoms with van der Waals surface area (Å²) in [7, 11) is 1.69. The van der Waals surface area contributed by atoms with Gasteiger partial charge in [-0.25, -0.2) is 0 Å². The van der Waals surface area contributed by atoms with Crippen LogP contribution in [-0.4, -0.2) is 23.8 Å². The number of piperidine rings is 1. The van der Waals surface area contributed by atoms with E-state index < -0.39 is 0 Å². The fraction of sp³-hybridized carbons (Fsp3) is 0.857. The second-order valence-electron chi connectivity index (χ2n) is 5.70. The molecule has 0 aromatic carbocycles. The van der Waals surface area contributed by atoms with E-state index in [1.54, 1.807) is 7.11 Å². The summed E-state index contributed by atoms with van der Waals surface area (Å²) >= 11 is 0. The summed E-state index contributed by atoms with van der Waals surface area (Å²) in [5.41, 5.74) is 0. The number of hydrogen-bond donors (Lipinski definition) is 1. The van der Waals surface area contributed by atoms with Gasteiger partial charge in [0.15, 0.2) is 0 Å². The van der Waals surface area contributed by atoms with Gasteiger partial charge in [0.1, 0.15) is 6.10 Å². The average molecular weight is 267 g/mol. The van der Waals surface area contributed by atoms with Crippen molar-refractivity contribution in [1.82, 2.24) is 15.5 Å². The molecule has 0 aliphatic carbocycles. The lowest BCUT2D eigenvalue weighted by molar-refractivity contribution is 0.0555. The predicted molar refractivity (Wildman–Crippen MR) is 72.6 cm³/mol. The van der Waals surface area contributed by atoms with Gasteiger partial charge >= 0.3 is 0 Å². The highest BCUT2D eigenvalue weighted by atomic mass is 16.5. The summed E-state index contributed by atoms with van der Waals surface area (Å²) in [6.07, 6.45) is 3.44. The molecule has 1 aliphatic rings. The molecule has 0 spiro atoms. The number of rotatable bonds is 5. The van der Waals surface area contributed by atoms with Crippen molar-refractivity contribution < 1.29 is 9.26 Å². The standard InChI is InChI=1S/C14H25N3O2/c1-5-10-6-7-15-11(8-10)14-16-13(17-19-14)12(18-4)9(2)3/h9-12,15H,5-8H2,1-4H3. The fourth-order valence-corrected chi connectivity index (χ4v) is 2.74. The van der Waals surface area contributed by atoms with Crippen molar-refractivity contribution in [3.8, 4) is 0 Å². The van der Waals surface area contributed by atoms with E-state index in [-0.39, 0.29) is 12.1 Å². The lowest BCUT2D eigenvalue weighted by Crippen LogP contribution is -2.31. The molecular weight excluding hydrogens is 242 g/mol. The molecule has 0 radical (unpaired) electrons. The summed E-state index contributed by atoms with van der Waals surface area (Å²) in [5, 5.41) is 7.55. The van der Waals surface area contributed by atoms with Gasteiger partial charge < -0.3 is 14.6 Å². The van der Waals surface area contributed by atoms with Crippen molar-refractivity contribution in [2.45, 2.75) is 52.2 Å². The molecule has 1 aromatic rings. The van der Waals surface area contributed by atoms with Crippen molar-refractivity contribution in [3.05, 3.63) is 11.7 Å². The zero-order valence-electron chi connectivity index (χ0n) is 12.3. The van der Waals surface area contributed by atoms with Crippen LogP contribution in [-0.2, 0) is 4.74 Å². The Bertz CT molecular complexity index is 392. The van der Waals surface area contributed by atoms with Crippen LogP contribution in [0.5, 0.6) is 0 Å². The largest absolute Gasteiger partial charge is 0.373 e. The molecular formula is C14H25N3O2. The lowest BCUT2D eigenvalue weighted by Gasteiger charge is -2.27. The Morgan fingerprint density at radius 2 is 2.26 bits per heavy atom. The van der Waals surface area contributed by atoms with Crippen molar-refractivity contribution in [2.24, 2.45) is 11.8 Å². The van der Waals surface area contributed by atoms with E-state index in [9.17, 15) is 0 Å². The third-order valence-corrected chi connectivity index (χ3v) is 3.96. The van der Waals surface area contributed by atoms with Crippen LogP contribution >= 0.6 is 0 Å². The van der Waals surface area contributed by atoms with Crippen LogP contribution in [0.3, 0.4) is 0 Å². The second kappa shape index (κ2) is 6.48. The van der Waals surface area contributed by atoms with Gasteiger partial charge in [-0.2, -0.15) is 4.98 Å². The van der Waals surface area contributed by atoms with Gasteiger partial charge in [-0.3, -0.25) is 0 Å². The van der Waals surface area contributed by atoms with Gasteiger partial charge in [0.05, 0.1) is 6.04 Å². The Labute approximate surface area is 115 Å².